The Hall–Kier alpha value is -2.25. The largest absolute Gasteiger partial charge is 0.497 e. The number of rotatable bonds is 8. The molecule has 144 valence electrons. The third kappa shape index (κ3) is 6.45. The van der Waals surface area contributed by atoms with Gasteiger partial charge in [-0.1, -0.05) is 11.6 Å². The van der Waals surface area contributed by atoms with Gasteiger partial charge in [0.1, 0.15) is 11.5 Å². The van der Waals surface area contributed by atoms with Crippen LogP contribution in [0.2, 0.25) is 5.02 Å². The smallest absolute Gasteiger partial charge is 0.260 e. The molecule has 0 saturated carbocycles. The van der Waals surface area contributed by atoms with Crippen LogP contribution in [0.25, 0.3) is 0 Å². The molecule has 0 fully saturated rings. The maximum Gasteiger partial charge on any atom is 0.260 e. The molecule has 8 heteroatoms. The fourth-order valence-electron chi connectivity index (χ4n) is 2.16. The lowest BCUT2D eigenvalue weighted by Gasteiger charge is -2.16. The summed E-state index contributed by atoms with van der Waals surface area (Å²) >= 11 is 9.22. The molecule has 0 heterocycles. The van der Waals surface area contributed by atoms with Gasteiger partial charge in [0.2, 0.25) is 0 Å². The van der Waals surface area contributed by atoms with E-state index in [-0.39, 0.29) is 18.4 Å². The molecule has 6 nitrogen and oxygen atoms in total. The van der Waals surface area contributed by atoms with Gasteiger partial charge in [-0.15, -0.1) is 0 Å². The molecule has 2 aromatic carbocycles. The molecule has 0 aliphatic carbocycles. The van der Waals surface area contributed by atoms with Crippen molar-refractivity contribution in [3.8, 4) is 11.5 Å². The summed E-state index contributed by atoms with van der Waals surface area (Å²) in [5, 5.41) is 6.03. The summed E-state index contributed by atoms with van der Waals surface area (Å²) < 4.78 is 11.3. The molecule has 0 aliphatic rings. The number of nitrogens with one attached hydrogen (secondary N) is 2. The van der Waals surface area contributed by atoms with Crippen LogP contribution < -0.4 is 20.1 Å². The quantitative estimate of drug-likeness (QED) is 0.598. The average molecular weight is 456 g/mol. The highest BCUT2D eigenvalue weighted by molar-refractivity contribution is 9.10. The summed E-state index contributed by atoms with van der Waals surface area (Å²) in [4.78, 5) is 24.1. The van der Waals surface area contributed by atoms with E-state index < -0.39 is 6.10 Å². The SMILES string of the molecule is COc1ccc(C(=O)NCCNC(=O)C(C)Oc2ccc(Cl)cc2Br)cc1. The highest BCUT2D eigenvalue weighted by Crippen LogP contribution is 2.28. The molecule has 2 rings (SSSR count). The predicted octanol–water partition coefficient (Wildman–Crippen LogP) is 3.42. The molecular formula is C19H20BrClN2O4. The van der Waals surface area contributed by atoms with Gasteiger partial charge in [0.05, 0.1) is 11.6 Å². The molecule has 0 aromatic heterocycles. The Morgan fingerprint density at radius 2 is 1.78 bits per heavy atom. The lowest BCUT2D eigenvalue weighted by Crippen LogP contribution is -2.40. The van der Waals surface area contributed by atoms with E-state index in [1.807, 2.05) is 0 Å². The third-order valence-corrected chi connectivity index (χ3v) is 4.48. The Morgan fingerprint density at radius 1 is 1.11 bits per heavy atom. The normalized spacial score (nSPS) is 11.4. The Morgan fingerprint density at radius 3 is 2.41 bits per heavy atom. The van der Waals surface area contributed by atoms with Crippen LogP contribution in [0.3, 0.4) is 0 Å². The van der Waals surface area contributed by atoms with E-state index in [1.165, 1.54) is 0 Å². The standard InChI is InChI=1S/C19H20BrClN2O4/c1-12(27-17-8-5-14(21)11-16(17)20)18(24)22-9-10-23-19(25)13-3-6-15(26-2)7-4-13/h3-8,11-12H,9-10H2,1-2H3,(H,22,24)(H,23,25). The molecule has 2 aromatic rings. The molecule has 0 spiro atoms. The molecule has 1 unspecified atom stereocenters. The van der Waals surface area contributed by atoms with E-state index >= 15 is 0 Å². The van der Waals surface area contributed by atoms with Crippen LogP contribution in [0.4, 0.5) is 0 Å². The molecule has 0 aliphatic heterocycles. The minimum Gasteiger partial charge on any atom is -0.497 e. The van der Waals surface area contributed by atoms with Crippen molar-refractivity contribution in [1.29, 1.82) is 0 Å². The topological polar surface area (TPSA) is 76.7 Å². The lowest BCUT2D eigenvalue weighted by molar-refractivity contribution is -0.127. The number of halogens is 2. The van der Waals surface area contributed by atoms with Crippen LogP contribution in [0.15, 0.2) is 46.9 Å². The summed E-state index contributed by atoms with van der Waals surface area (Å²) in [6.07, 6.45) is -0.695. The zero-order valence-electron chi connectivity index (χ0n) is 14.9. The van der Waals surface area contributed by atoms with Gasteiger partial charge >= 0.3 is 0 Å². The highest BCUT2D eigenvalue weighted by Gasteiger charge is 2.15. The molecule has 0 bridgehead atoms. The van der Waals surface area contributed by atoms with Crippen LogP contribution in [0, 0.1) is 0 Å². The van der Waals surface area contributed by atoms with E-state index in [0.717, 1.165) is 0 Å². The predicted molar refractivity (Wildman–Crippen MR) is 108 cm³/mol. The minimum absolute atomic E-state index is 0.221. The summed E-state index contributed by atoms with van der Waals surface area (Å²) in [6, 6.07) is 11.8. The second-order valence-electron chi connectivity index (χ2n) is 5.61. The number of hydrogen-bond acceptors (Lipinski definition) is 4. The summed E-state index contributed by atoms with van der Waals surface area (Å²) in [5.41, 5.74) is 0.520. The zero-order chi connectivity index (χ0) is 19.8. The second-order valence-corrected chi connectivity index (χ2v) is 6.90. The number of amides is 2. The van der Waals surface area contributed by atoms with Crippen LogP contribution in [0.5, 0.6) is 11.5 Å². The molecule has 27 heavy (non-hydrogen) atoms. The van der Waals surface area contributed by atoms with Crippen molar-refractivity contribution < 1.29 is 19.1 Å². The molecule has 2 N–H and O–H groups in total. The van der Waals surface area contributed by atoms with Crippen LogP contribution in [-0.4, -0.2) is 38.1 Å². The molecule has 1 atom stereocenters. The highest BCUT2D eigenvalue weighted by atomic mass is 79.9. The van der Waals surface area contributed by atoms with Gasteiger partial charge in [-0.2, -0.15) is 0 Å². The van der Waals surface area contributed by atoms with Crippen LogP contribution >= 0.6 is 27.5 Å². The van der Waals surface area contributed by atoms with Crippen molar-refractivity contribution in [1.82, 2.24) is 10.6 Å². The van der Waals surface area contributed by atoms with Crippen LogP contribution in [0.1, 0.15) is 17.3 Å². The number of benzene rings is 2. The van der Waals surface area contributed by atoms with Gasteiger partial charge in [0, 0.05) is 23.7 Å². The Kier molecular flexibility index (Phi) is 7.94. The van der Waals surface area contributed by atoms with Crippen molar-refractivity contribution in [2.75, 3.05) is 20.2 Å². The van der Waals surface area contributed by atoms with Crippen molar-refractivity contribution in [2.45, 2.75) is 13.0 Å². The maximum atomic E-state index is 12.1. The van der Waals surface area contributed by atoms with E-state index in [2.05, 4.69) is 26.6 Å². The number of carbonyl (C=O) groups excluding carboxylic acids is 2. The second kappa shape index (κ2) is 10.2. The minimum atomic E-state index is -0.695. The van der Waals surface area contributed by atoms with Crippen molar-refractivity contribution in [2.24, 2.45) is 0 Å². The fourth-order valence-corrected chi connectivity index (χ4v) is 2.94. The van der Waals surface area contributed by atoms with Gasteiger partial charge in [-0.3, -0.25) is 9.59 Å². The van der Waals surface area contributed by atoms with Gasteiger partial charge in [-0.05, 0) is 65.3 Å². The number of carbonyl (C=O) groups is 2. The first-order valence-corrected chi connectivity index (χ1v) is 9.39. The maximum absolute atomic E-state index is 12.1. The Balaban J connectivity index is 1.73. The van der Waals surface area contributed by atoms with Crippen LogP contribution in [-0.2, 0) is 4.79 Å². The van der Waals surface area contributed by atoms with Gasteiger partial charge in [0.25, 0.3) is 11.8 Å². The summed E-state index contributed by atoms with van der Waals surface area (Å²) in [7, 11) is 1.56. The summed E-state index contributed by atoms with van der Waals surface area (Å²) in [5.74, 6) is 0.701. The lowest BCUT2D eigenvalue weighted by atomic mass is 10.2. The molecule has 0 saturated heterocycles. The monoisotopic (exact) mass is 454 g/mol. The average Bonchev–Trinajstić information content (AvgIpc) is 2.67. The molecule has 0 radical (unpaired) electrons. The molecule has 2 amide bonds. The number of methoxy groups -OCH3 is 1. The number of hydrogen-bond donors (Lipinski definition) is 2. The number of ether oxygens (including phenoxy) is 2. The summed E-state index contributed by atoms with van der Waals surface area (Å²) in [6.45, 7) is 2.23. The van der Waals surface area contributed by atoms with E-state index in [1.54, 1.807) is 56.5 Å². The van der Waals surface area contributed by atoms with E-state index in [9.17, 15) is 9.59 Å². The van der Waals surface area contributed by atoms with Crippen molar-refractivity contribution >= 4 is 39.3 Å². The van der Waals surface area contributed by atoms with E-state index in [4.69, 9.17) is 21.1 Å². The Bertz CT molecular complexity index is 799. The first kappa shape index (κ1) is 21.1. The van der Waals surface area contributed by atoms with Gasteiger partial charge < -0.3 is 20.1 Å². The Labute approximate surface area is 171 Å². The first-order chi connectivity index (χ1) is 12.9. The fraction of sp³-hybridized carbons (Fsp3) is 0.263. The third-order valence-electron chi connectivity index (χ3n) is 3.63. The van der Waals surface area contributed by atoms with E-state index in [0.29, 0.717) is 33.1 Å². The molecular weight excluding hydrogens is 436 g/mol. The van der Waals surface area contributed by atoms with Crippen molar-refractivity contribution in [3.63, 3.8) is 0 Å². The van der Waals surface area contributed by atoms with Gasteiger partial charge in [-0.25, -0.2) is 0 Å². The zero-order valence-corrected chi connectivity index (χ0v) is 17.3. The van der Waals surface area contributed by atoms with Gasteiger partial charge in [0.15, 0.2) is 6.10 Å². The van der Waals surface area contributed by atoms with Crippen molar-refractivity contribution in [3.05, 3.63) is 57.5 Å². The first-order valence-electron chi connectivity index (χ1n) is 8.22.